The monoisotopic (exact) mass is 445 g/mol. The summed E-state index contributed by atoms with van der Waals surface area (Å²) in [6.07, 6.45) is 1.52. The molecule has 0 amide bonds. The number of hydrogen-bond donors (Lipinski definition) is 0. The van der Waals surface area contributed by atoms with Crippen molar-refractivity contribution in [2.24, 2.45) is 4.99 Å². The number of nitro benzene ring substituents is 2. The second-order valence-corrected chi connectivity index (χ2v) is 6.89. The van der Waals surface area contributed by atoms with Gasteiger partial charge < -0.3 is 9.47 Å². The van der Waals surface area contributed by atoms with Gasteiger partial charge >= 0.3 is 5.97 Å². The van der Waals surface area contributed by atoms with E-state index in [1.165, 1.54) is 42.5 Å². The van der Waals surface area contributed by atoms with Gasteiger partial charge in [-0.1, -0.05) is 18.2 Å². The molecule has 3 aromatic rings. The Balaban J connectivity index is 1.53. The van der Waals surface area contributed by atoms with Crippen LogP contribution in [0.3, 0.4) is 0 Å². The molecule has 3 aromatic carbocycles. The summed E-state index contributed by atoms with van der Waals surface area (Å²) < 4.78 is 11.0. The lowest BCUT2D eigenvalue weighted by atomic mass is 10.1. The Kier molecular flexibility index (Phi) is 5.90. The van der Waals surface area contributed by atoms with Gasteiger partial charge in [0.2, 0.25) is 5.90 Å². The first-order valence-electron chi connectivity index (χ1n) is 9.63. The van der Waals surface area contributed by atoms with E-state index in [4.69, 9.17) is 9.47 Å². The zero-order chi connectivity index (χ0) is 23.4. The predicted octanol–water partition coefficient (Wildman–Crippen LogP) is 4.43. The van der Waals surface area contributed by atoms with Crippen molar-refractivity contribution in [2.75, 3.05) is 0 Å². The number of nitrogens with zero attached hydrogens (tertiary/aromatic N) is 3. The van der Waals surface area contributed by atoms with Gasteiger partial charge in [-0.3, -0.25) is 20.2 Å². The molecule has 0 aliphatic carbocycles. The molecule has 0 saturated heterocycles. The minimum absolute atomic E-state index is 0.00897. The SMILES string of the molecule is O=C1OC(c2ccc([N+](=O)[O-])cc2)=N/C1=C\c1ccccc1OCc1ccc([N+](=O)[O-])cc1. The number of aliphatic imine (C=N–C) groups is 1. The van der Waals surface area contributed by atoms with Crippen LogP contribution in [-0.4, -0.2) is 21.7 Å². The van der Waals surface area contributed by atoms with Gasteiger partial charge in [0.1, 0.15) is 12.4 Å². The summed E-state index contributed by atoms with van der Waals surface area (Å²) in [5.74, 6) is -0.130. The second-order valence-electron chi connectivity index (χ2n) is 6.89. The molecule has 1 aliphatic rings. The molecule has 1 aliphatic heterocycles. The molecule has 1 heterocycles. The summed E-state index contributed by atoms with van der Waals surface area (Å²) in [7, 11) is 0. The van der Waals surface area contributed by atoms with E-state index in [-0.39, 0.29) is 29.6 Å². The highest BCUT2D eigenvalue weighted by atomic mass is 16.6. The van der Waals surface area contributed by atoms with Crippen molar-refractivity contribution in [3.8, 4) is 5.75 Å². The number of para-hydroxylation sites is 1. The van der Waals surface area contributed by atoms with Gasteiger partial charge in [-0.2, -0.15) is 0 Å². The molecule has 0 radical (unpaired) electrons. The molecule has 0 aromatic heterocycles. The zero-order valence-electron chi connectivity index (χ0n) is 16.9. The number of benzene rings is 3. The van der Waals surface area contributed by atoms with E-state index in [1.807, 2.05) is 0 Å². The van der Waals surface area contributed by atoms with E-state index in [2.05, 4.69) is 4.99 Å². The number of esters is 1. The van der Waals surface area contributed by atoms with Crippen LogP contribution in [0.1, 0.15) is 16.7 Å². The molecule has 0 N–H and O–H groups in total. The lowest BCUT2D eigenvalue weighted by molar-refractivity contribution is -0.385. The lowest BCUT2D eigenvalue weighted by Gasteiger charge is -2.09. The van der Waals surface area contributed by atoms with E-state index in [9.17, 15) is 25.0 Å². The van der Waals surface area contributed by atoms with Crippen LogP contribution in [0.25, 0.3) is 6.08 Å². The van der Waals surface area contributed by atoms with E-state index < -0.39 is 15.8 Å². The van der Waals surface area contributed by atoms with Crippen LogP contribution < -0.4 is 4.74 Å². The van der Waals surface area contributed by atoms with Gasteiger partial charge in [0, 0.05) is 35.4 Å². The average Bonchev–Trinajstić information content (AvgIpc) is 3.19. The van der Waals surface area contributed by atoms with Crippen molar-refractivity contribution >= 4 is 29.3 Å². The fourth-order valence-electron chi connectivity index (χ4n) is 3.01. The van der Waals surface area contributed by atoms with Gasteiger partial charge in [-0.25, -0.2) is 9.79 Å². The first-order chi connectivity index (χ1) is 15.9. The normalized spacial score (nSPS) is 14.0. The number of carbonyl (C=O) groups excluding carboxylic acids is 1. The van der Waals surface area contributed by atoms with Crippen LogP contribution >= 0.6 is 0 Å². The molecule has 0 fully saturated rings. The first-order valence-corrected chi connectivity index (χ1v) is 9.63. The molecule has 164 valence electrons. The Morgan fingerprint density at radius 2 is 1.48 bits per heavy atom. The molecule has 0 saturated carbocycles. The summed E-state index contributed by atoms with van der Waals surface area (Å²) >= 11 is 0. The highest BCUT2D eigenvalue weighted by molar-refractivity contribution is 6.13. The molecule has 33 heavy (non-hydrogen) atoms. The third-order valence-corrected chi connectivity index (χ3v) is 4.70. The lowest BCUT2D eigenvalue weighted by Crippen LogP contribution is -2.05. The number of cyclic esters (lactones) is 1. The van der Waals surface area contributed by atoms with Crippen molar-refractivity contribution in [3.63, 3.8) is 0 Å². The van der Waals surface area contributed by atoms with Crippen molar-refractivity contribution in [1.29, 1.82) is 0 Å². The van der Waals surface area contributed by atoms with Crippen LogP contribution in [0.2, 0.25) is 0 Å². The second kappa shape index (κ2) is 9.10. The number of ether oxygens (including phenoxy) is 2. The quantitative estimate of drug-likeness (QED) is 0.227. The van der Waals surface area contributed by atoms with Gasteiger partial charge in [-0.15, -0.1) is 0 Å². The third-order valence-electron chi connectivity index (χ3n) is 4.70. The summed E-state index contributed by atoms with van der Waals surface area (Å²) in [6, 6.07) is 18.5. The Bertz CT molecular complexity index is 1300. The first kappa shape index (κ1) is 21.4. The maximum absolute atomic E-state index is 12.3. The van der Waals surface area contributed by atoms with E-state index >= 15 is 0 Å². The van der Waals surface area contributed by atoms with Crippen molar-refractivity contribution < 1.29 is 24.1 Å². The molecule has 10 nitrogen and oxygen atoms in total. The molecular formula is C23H15N3O7. The average molecular weight is 445 g/mol. The fourth-order valence-corrected chi connectivity index (χ4v) is 3.01. The van der Waals surface area contributed by atoms with E-state index in [1.54, 1.807) is 36.4 Å². The van der Waals surface area contributed by atoms with Crippen LogP contribution in [-0.2, 0) is 16.1 Å². The number of hydrogen-bond acceptors (Lipinski definition) is 8. The topological polar surface area (TPSA) is 134 Å². The highest BCUT2D eigenvalue weighted by Gasteiger charge is 2.25. The Morgan fingerprint density at radius 3 is 2.12 bits per heavy atom. The van der Waals surface area contributed by atoms with E-state index in [0.717, 1.165) is 5.56 Å². The largest absolute Gasteiger partial charge is 0.488 e. The van der Waals surface area contributed by atoms with Gasteiger partial charge in [0.05, 0.1) is 9.85 Å². The Labute approximate surface area is 186 Å². The maximum Gasteiger partial charge on any atom is 0.363 e. The van der Waals surface area contributed by atoms with Crippen LogP contribution in [0, 0.1) is 20.2 Å². The van der Waals surface area contributed by atoms with E-state index in [0.29, 0.717) is 16.9 Å². The summed E-state index contributed by atoms with van der Waals surface area (Å²) in [5.41, 5.74) is 1.71. The minimum Gasteiger partial charge on any atom is -0.488 e. The molecule has 4 rings (SSSR count). The summed E-state index contributed by atoms with van der Waals surface area (Å²) in [6.45, 7) is 0.167. The predicted molar refractivity (Wildman–Crippen MR) is 118 cm³/mol. The minimum atomic E-state index is -0.659. The molecule has 0 spiro atoms. The molecule has 0 unspecified atom stereocenters. The van der Waals surface area contributed by atoms with Gasteiger partial charge in [0.15, 0.2) is 5.70 Å². The number of non-ortho nitro benzene ring substituents is 2. The number of carbonyl (C=O) groups is 1. The van der Waals surface area contributed by atoms with Crippen molar-refractivity contribution in [3.05, 3.63) is 115 Å². The maximum atomic E-state index is 12.3. The van der Waals surface area contributed by atoms with Gasteiger partial charge in [-0.05, 0) is 42.0 Å². The zero-order valence-corrected chi connectivity index (χ0v) is 16.9. The van der Waals surface area contributed by atoms with Crippen LogP contribution in [0.15, 0.2) is 83.5 Å². The number of nitro groups is 2. The van der Waals surface area contributed by atoms with Crippen molar-refractivity contribution in [2.45, 2.75) is 6.61 Å². The van der Waals surface area contributed by atoms with Gasteiger partial charge in [0.25, 0.3) is 11.4 Å². The Hall–Kier alpha value is -4.86. The van der Waals surface area contributed by atoms with Crippen molar-refractivity contribution in [1.82, 2.24) is 0 Å². The Morgan fingerprint density at radius 1 is 0.879 bits per heavy atom. The molecule has 10 heteroatoms. The molecule has 0 atom stereocenters. The molecular weight excluding hydrogens is 430 g/mol. The fraction of sp³-hybridized carbons (Fsp3) is 0.0435. The number of rotatable bonds is 7. The van der Waals surface area contributed by atoms with Crippen LogP contribution in [0.4, 0.5) is 11.4 Å². The molecule has 0 bridgehead atoms. The third kappa shape index (κ3) is 4.90. The van der Waals surface area contributed by atoms with Crippen LogP contribution in [0.5, 0.6) is 5.75 Å². The summed E-state index contributed by atoms with van der Waals surface area (Å²) in [5, 5.41) is 21.6. The standard InChI is InChI=1S/C23H15N3O7/c27-23-20(24-22(33-23)16-7-11-19(12-8-16)26(30)31)13-17-3-1-2-4-21(17)32-14-15-5-9-18(10-6-15)25(28)29/h1-13H,14H2/b20-13-. The smallest absolute Gasteiger partial charge is 0.363 e. The summed E-state index contributed by atoms with van der Waals surface area (Å²) in [4.78, 5) is 37.1. The highest BCUT2D eigenvalue weighted by Crippen LogP contribution is 2.26.